The van der Waals surface area contributed by atoms with E-state index in [-0.39, 0.29) is 11.3 Å². The summed E-state index contributed by atoms with van der Waals surface area (Å²) in [6, 6.07) is -1.06. The Morgan fingerprint density at radius 1 is 1.48 bits per heavy atom. The van der Waals surface area contributed by atoms with Gasteiger partial charge in [0.15, 0.2) is 0 Å². The molecule has 0 aromatic carbocycles. The number of aromatic amines is 2. The molecule has 2 aromatic rings. The number of hydrogen-bond donors (Lipinski definition) is 3. The van der Waals surface area contributed by atoms with Crippen LogP contribution in [0.25, 0.3) is 0 Å². The highest BCUT2D eigenvalue weighted by molar-refractivity contribution is 7.89. The van der Waals surface area contributed by atoms with Crippen molar-refractivity contribution in [1.29, 1.82) is 0 Å². The summed E-state index contributed by atoms with van der Waals surface area (Å²) < 4.78 is 31.5. The fourth-order valence-electron chi connectivity index (χ4n) is 1.79. The van der Waals surface area contributed by atoms with Crippen molar-refractivity contribution in [2.45, 2.75) is 24.3 Å². The summed E-state index contributed by atoms with van der Waals surface area (Å²) >= 11 is 0. The van der Waals surface area contributed by atoms with E-state index >= 15 is 0 Å². The summed E-state index contributed by atoms with van der Waals surface area (Å²) in [5.41, 5.74) is 0.990. The van der Waals surface area contributed by atoms with Crippen LogP contribution < -0.4 is 4.72 Å². The van der Waals surface area contributed by atoms with Gasteiger partial charge in [-0.15, -0.1) is 0 Å². The molecule has 9 nitrogen and oxygen atoms in total. The second kappa shape index (κ2) is 6.06. The maximum atomic E-state index is 12.3. The summed E-state index contributed by atoms with van der Waals surface area (Å²) in [7, 11) is -2.69. The highest BCUT2D eigenvalue weighted by Gasteiger charge is 2.28. The molecule has 0 saturated heterocycles. The van der Waals surface area contributed by atoms with Crippen LogP contribution in [0.4, 0.5) is 0 Å². The molecule has 3 N–H and O–H groups in total. The van der Waals surface area contributed by atoms with E-state index in [0.29, 0.717) is 11.4 Å². The molecule has 0 bridgehead atoms. The maximum absolute atomic E-state index is 12.3. The standard InChI is InChI=1S/C11H15N5O4S/c1-7-10(5-14-15-7)21(18,19)16-9(11(17)20-2)3-8-4-12-6-13-8/h4-6,9,16H,3H2,1-2H3,(H,12,13)(H,14,15)/t9-/m0/s1. The number of sulfonamides is 1. The summed E-state index contributed by atoms with van der Waals surface area (Å²) in [4.78, 5) is 18.4. The molecule has 114 valence electrons. The van der Waals surface area contributed by atoms with Gasteiger partial charge in [0.2, 0.25) is 10.0 Å². The Morgan fingerprint density at radius 2 is 2.24 bits per heavy atom. The number of rotatable bonds is 6. The van der Waals surface area contributed by atoms with Gasteiger partial charge >= 0.3 is 5.97 Å². The number of hydrogen-bond acceptors (Lipinski definition) is 6. The van der Waals surface area contributed by atoms with Crippen molar-refractivity contribution in [3.8, 4) is 0 Å². The van der Waals surface area contributed by atoms with Crippen LogP contribution in [0.15, 0.2) is 23.6 Å². The Labute approximate surface area is 121 Å². The van der Waals surface area contributed by atoms with Crippen molar-refractivity contribution in [1.82, 2.24) is 24.9 Å². The SMILES string of the molecule is COC(=O)[C@H](Cc1cnc[nH]1)NS(=O)(=O)c1cn[nH]c1C. The molecule has 1 atom stereocenters. The van der Waals surface area contributed by atoms with Crippen LogP contribution in [0, 0.1) is 6.92 Å². The van der Waals surface area contributed by atoms with Gasteiger partial charge in [-0.1, -0.05) is 0 Å². The van der Waals surface area contributed by atoms with E-state index in [0.717, 1.165) is 0 Å². The van der Waals surface area contributed by atoms with E-state index in [9.17, 15) is 13.2 Å². The zero-order valence-electron chi connectivity index (χ0n) is 11.5. The van der Waals surface area contributed by atoms with Crippen molar-refractivity contribution in [2.24, 2.45) is 0 Å². The van der Waals surface area contributed by atoms with E-state index in [2.05, 4.69) is 29.6 Å². The lowest BCUT2D eigenvalue weighted by atomic mass is 10.2. The number of carbonyl (C=O) groups excluding carboxylic acids is 1. The molecule has 0 spiro atoms. The van der Waals surface area contributed by atoms with Gasteiger partial charge in [0.25, 0.3) is 0 Å². The summed E-state index contributed by atoms with van der Waals surface area (Å²) in [5.74, 6) is -0.686. The van der Waals surface area contributed by atoms with E-state index in [1.807, 2.05) is 0 Å². The molecule has 10 heteroatoms. The first-order chi connectivity index (χ1) is 9.94. The molecule has 21 heavy (non-hydrogen) atoms. The Morgan fingerprint density at radius 3 is 2.76 bits per heavy atom. The zero-order chi connectivity index (χ0) is 15.5. The van der Waals surface area contributed by atoms with Gasteiger partial charge < -0.3 is 9.72 Å². The molecular formula is C11H15N5O4S. The number of nitrogens with one attached hydrogen (secondary N) is 3. The molecule has 0 fully saturated rings. The highest BCUT2D eigenvalue weighted by atomic mass is 32.2. The maximum Gasteiger partial charge on any atom is 0.324 e. The zero-order valence-corrected chi connectivity index (χ0v) is 12.3. The number of esters is 1. The molecule has 0 amide bonds. The second-order valence-electron chi connectivity index (χ2n) is 4.34. The molecule has 0 radical (unpaired) electrons. The number of nitrogens with zero attached hydrogens (tertiary/aromatic N) is 2. The Bertz CT molecular complexity index is 707. The third kappa shape index (κ3) is 3.47. The molecule has 0 unspecified atom stereocenters. The predicted octanol–water partition coefficient (Wildman–Crippen LogP) is -0.496. The predicted molar refractivity (Wildman–Crippen MR) is 71.7 cm³/mol. The largest absolute Gasteiger partial charge is 0.468 e. The van der Waals surface area contributed by atoms with Crippen LogP contribution in [0.3, 0.4) is 0 Å². The lowest BCUT2D eigenvalue weighted by molar-refractivity contribution is -0.142. The quantitative estimate of drug-likeness (QED) is 0.617. The molecule has 2 aromatic heterocycles. The van der Waals surface area contributed by atoms with Crippen molar-refractivity contribution in [3.05, 3.63) is 30.1 Å². The van der Waals surface area contributed by atoms with Gasteiger partial charge in [-0.3, -0.25) is 9.89 Å². The number of methoxy groups -OCH3 is 1. The van der Waals surface area contributed by atoms with Crippen molar-refractivity contribution >= 4 is 16.0 Å². The average Bonchev–Trinajstić information content (AvgIpc) is 3.08. The van der Waals surface area contributed by atoms with Crippen LogP contribution >= 0.6 is 0 Å². The first kappa shape index (κ1) is 15.2. The number of ether oxygens (including phenoxy) is 1. The number of H-pyrrole nitrogens is 2. The molecule has 2 rings (SSSR count). The van der Waals surface area contributed by atoms with Crippen LogP contribution in [0.1, 0.15) is 11.4 Å². The van der Waals surface area contributed by atoms with E-state index in [1.165, 1.54) is 25.8 Å². The van der Waals surface area contributed by atoms with Gasteiger partial charge in [-0.25, -0.2) is 13.4 Å². The number of aryl methyl sites for hydroxylation is 1. The lowest BCUT2D eigenvalue weighted by Crippen LogP contribution is -2.43. The Kier molecular flexibility index (Phi) is 4.38. The smallest absolute Gasteiger partial charge is 0.324 e. The van der Waals surface area contributed by atoms with Crippen LogP contribution in [-0.2, 0) is 26.0 Å². The monoisotopic (exact) mass is 313 g/mol. The van der Waals surface area contributed by atoms with Crippen molar-refractivity contribution in [2.75, 3.05) is 7.11 Å². The minimum absolute atomic E-state index is 0.0130. The average molecular weight is 313 g/mol. The summed E-state index contributed by atoms with van der Waals surface area (Å²) in [5, 5.41) is 6.19. The second-order valence-corrected chi connectivity index (χ2v) is 6.02. The topological polar surface area (TPSA) is 130 Å². The third-order valence-corrected chi connectivity index (χ3v) is 4.42. The fourth-order valence-corrected chi connectivity index (χ4v) is 3.11. The minimum atomic E-state index is -3.88. The molecule has 2 heterocycles. The summed E-state index contributed by atoms with van der Waals surface area (Å²) in [6.45, 7) is 1.57. The first-order valence-electron chi connectivity index (χ1n) is 6.01. The molecule has 0 saturated carbocycles. The highest BCUT2D eigenvalue weighted by Crippen LogP contribution is 2.13. The number of imidazole rings is 1. The Hall–Kier alpha value is -2.20. The van der Waals surface area contributed by atoms with Crippen LogP contribution in [0.2, 0.25) is 0 Å². The van der Waals surface area contributed by atoms with Crippen LogP contribution in [0.5, 0.6) is 0 Å². The van der Waals surface area contributed by atoms with Crippen molar-refractivity contribution < 1.29 is 17.9 Å². The van der Waals surface area contributed by atoms with Crippen LogP contribution in [-0.4, -0.2) is 47.7 Å². The van der Waals surface area contributed by atoms with Gasteiger partial charge in [0.1, 0.15) is 10.9 Å². The van der Waals surface area contributed by atoms with Gasteiger partial charge in [0, 0.05) is 18.3 Å². The Balaban J connectivity index is 2.22. The van der Waals surface area contributed by atoms with E-state index in [1.54, 1.807) is 6.92 Å². The normalized spacial score (nSPS) is 13.0. The molecule has 0 aliphatic heterocycles. The van der Waals surface area contributed by atoms with E-state index in [4.69, 9.17) is 0 Å². The molecular weight excluding hydrogens is 298 g/mol. The molecule has 0 aliphatic rings. The number of carbonyl (C=O) groups is 1. The van der Waals surface area contributed by atoms with Gasteiger partial charge in [0.05, 0.1) is 25.3 Å². The third-order valence-electron chi connectivity index (χ3n) is 2.84. The van der Waals surface area contributed by atoms with E-state index < -0.39 is 22.0 Å². The summed E-state index contributed by atoms with van der Waals surface area (Å²) in [6.07, 6.45) is 4.23. The first-order valence-corrected chi connectivity index (χ1v) is 7.49. The van der Waals surface area contributed by atoms with Gasteiger partial charge in [-0.2, -0.15) is 9.82 Å². The fraction of sp³-hybridized carbons (Fsp3) is 0.364. The number of aromatic nitrogens is 4. The molecule has 0 aliphatic carbocycles. The lowest BCUT2D eigenvalue weighted by Gasteiger charge is -2.15. The van der Waals surface area contributed by atoms with Crippen molar-refractivity contribution in [3.63, 3.8) is 0 Å². The van der Waals surface area contributed by atoms with Gasteiger partial charge in [-0.05, 0) is 6.92 Å². The minimum Gasteiger partial charge on any atom is -0.468 e.